The predicted octanol–water partition coefficient (Wildman–Crippen LogP) is 0.909. The summed E-state index contributed by atoms with van der Waals surface area (Å²) in [7, 11) is 0. The second-order valence-corrected chi connectivity index (χ2v) is 4.75. The number of anilines is 2. The number of carbonyl (C=O) groups is 2. The summed E-state index contributed by atoms with van der Waals surface area (Å²) in [4.78, 5) is 24.9. The average Bonchev–Trinajstić information content (AvgIpc) is 2.42. The molecule has 1 aliphatic rings. The maximum absolute atomic E-state index is 11.7. The van der Waals surface area contributed by atoms with Crippen LogP contribution in [0.3, 0.4) is 0 Å². The number of nitrogens with one attached hydrogen (secondary N) is 1. The molecule has 1 fully saturated rings. The van der Waals surface area contributed by atoms with Gasteiger partial charge in [-0.1, -0.05) is 13.0 Å². The van der Waals surface area contributed by atoms with Crippen LogP contribution in [0, 0.1) is 0 Å². The van der Waals surface area contributed by atoms with Gasteiger partial charge in [0.25, 0.3) is 0 Å². The molecule has 1 heterocycles. The van der Waals surface area contributed by atoms with Gasteiger partial charge >= 0.3 is 0 Å². The molecule has 6 nitrogen and oxygen atoms in total. The maximum atomic E-state index is 11.7. The molecule has 2 rings (SSSR count). The van der Waals surface area contributed by atoms with Gasteiger partial charge in [0.2, 0.25) is 11.8 Å². The highest BCUT2D eigenvalue weighted by Gasteiger charge is 2.31. The lowest BCUT2D eigenvalue weighted by molar-refractivity contribution is -0.132. The molecule has 0 saturated carbocycles. The molecule has 1 unspecified atom stereocenters. The molecule has 6 heteroatoms. The molecule has 2 amide bonds. The van der Waals surface area contributed by atoms with Crippen molar-refractivity contribution in [3.8, 4) is 5.75 Å². The minimum atomic E-state index is -0.448. The van der Waals surface area contributed by atoms with Crippen LogP contribution in [0.2, 0.25) is 0 Å². The fraction of sp³-hybridized carbons (Fsp3) is 0.429. The molecule has 0 aliphatic carbocycles. The van der Waals surface area contributed by atoms with Gasteiger partial charge < -0.3 is 15.4 Å². The number of carbonyl (C=O) groups excluding carboxylic acids is 2. The molecule has 1 aromatic rings. The molecular weight excluding hydrogens is 258 g/mol. The first-order valence-corrected chi connectivity index (χ1v) is 6.66. The van der Waals surface area contributed by atoms with E-state index in [1.54, 1.807) is 30.0 Å². The van der Waals surface area contributed by atoms with E-state index < -0.39 is 6.04 Å². The number of benzene rings is 1. The van der Waals surface area contributed by atoms with Crippen molar-refractivity contribution >= 4 is 23.2 Å². The van der Waals surface area contributed by atoms with Crippen LogP contribution >= 0.6 is 0 Å². The highest BCUT2D eigenvalue weighted by Crippen LogP contribution is 2.33. The Labute approximate surface area is 117 Å². The number of ether oxygens (including phenoxy) is 1. The number of nitrogens with two attached hydrogens (primary N) is 1. The fourth-order valence-electron chi connectivity index (χ4n) is 2.13. The normalized spacial score (nSPS) is 18.9. The Bertz CT molecular complexity index is 530. The molecule has 1 aliphatic heterocycles. The quantitative estimate of drug-likeness (QED) is 0.631. The van der Waals surface area contributed by atoms with Crippen molar-refractivity contribution in [2.45, 2.75) is 26.3 Å². The Kier molecular flexibility index (Phi) is 4.12. The zero-order valence-corrected chi connectivity index (χ0v) is 11.7. The Morgan fingerprint density at radius 1 is 1.45 bits per heavy atom. The van der Waals surface area contributed by atoms with Crippen LogP contribution in [0.5, 0.6) is 5.75 Å². The van der Waals surface area contributed by atoms with Gasteiger partial charge in [-0.05, 0) is 25.5 Å². The Morgan fingerprint density at radius 2 is 2.20 bits per heavy atom. The summed E-state index contributed by atoms with van der Waals surface area (Å²) in [5, 5.41) is 2.31. The van der Waals surface area contributed by atoms with E-state index in [-0.39, 0.29) is 18.4 Å². The first-order valence-electron chi connectivity index (χ1n) is 6.66. The molecule has 0 bridgehead atoms. The van der Waals surface area contributed by atoms with Gasteiger partial charge in [0.1, 0.15) is 11.8 Å². The minimum Gasteiger partial charge on any atom is -0.491 e. The van der Waals surface area contributed by atoms with Gasteiger partial charge in [-0.2, -0.15) is 0 Å². The first-order chi connectivity index (χ1) is 9.54. The summed E-state index contributed by atoms with van der Waals surface area (Å²) in [5.74, 6) is -0.0668. The van der Waals surface area contributed by atoms with Gasteiger partial charge in [0.05, 0.1) is 24.5 Å². The molecule has 20 heavy (non-hydrogen) atoms. The van der Waals surface area contributed by atoms with Crippen LogP contribution in [0.1, 0.15) is 20.3 Å². The largest absolute Gasteiger partial charge is 0.491 e. The Morgan fingerprint density at radius 3 is 2.90 bits per heavy atom. The van der Waals surface area contributed by atoms with Crippen LogP contribution in [0.25, 0.3) is 0 Å². The third-order valence-corrected chi connectivity index (χ3v) is 3.24. The first kappa shape index (κ1) is 14.2. The highest BCUT2D eigenvalue weighted by molar-refractivity contribution is 6.05. The smallest absolute Gasteiger partial charge is 0.249 e. The summed E-state index contributed by atoms with van der Waals surface area (Å²) >= 11 is 0. The average molecular weight is 277 g/mol. The van der Waals surface area contributed by atoms with Gasteiger partial charge in [0, 0.05) is 0 Å². The van der Waals surface area contributed by atoms with Crippen LogP contribution < -0.4 is 20.7 Å². The molecule has 0 spiro atoms. The molecule has 1 saturated heterocycles. The van der Waals surface area contributed by atoms with Crippen molar-refractivity contribution in [2.24, 2.45) is 0 Å². The number of nitrogens with zero attached hydrogens (tertiary/aromatic N) is 1. The molecule has 1 aromatic carbocycles. The third-order valence-electron chi connectivity index (χ3n) is 3.24. The lowest BCUT2D eigenvalue weighted by Crippen LogP contribution is -2.57. The number of para-hydroxylation sites is 1. The molecular formula is C14H19N3O3. The van der Waals surface area contributed by atoms with Crippen molar-refractivity contribution in [1.29, 1.82) is 0 Å². The predicted molar refractivity (Wildman–Crippen MR) is 76.6 cm³/mol. The van der Waals surface area contributed by atoms with E-state index in [0.29, 0.717) is 23.7 Å². The van der Waals surface area contributed by atoms with E-state index in [0.717, 1.165) is 6.42 Å². The number of rotatable bonds is 4. The molecule has 108 valence electrons. The third kappa shape index (κ3) is 2.68. The summed E-state index contributed by atoms with van der Waals surface area (Å²) in [6.07, 6.45) is 0.880. The van der Waals surface area contributed by atoms with E-state index in [4.69, 9.17) is 10.5 Å². The number of hydrogen-bond acceptors (Lipinski definition) is 5. The van der Waals surface area contributed by atoms with E-state index in [2.05, 4.69) is 5.32 Å². The van der Waals surface area contributed by atoms with Crippen molar-refractivity contribution in [2.75, 3.05) is 23.8 Å². The summed E-state index contributed by atoms with van der Waals surface area (Å²) in [6, 6.07) is 4.93. The van der Waals surface area contributed by atoms with Crippen molar-refractivity contribution in [3.05, 3.63) is 18.2 Å². The zero-order valence-electron chi connectivity index (χ0n) is 11.7. The number of hydrogen-bond donors (Lipinski definition) is 2. The molecule has 0 aromatic heterocycles. The van der Waals surface area contributed by atoms with Crippen molar-refractivity contribution < 1.29 is 14.3 Å². The van der Waals surface area contributed by atoms with Crippen LogP contribution in [0.4, 0.5) is 11.4 Å². The van der Waals surface area contributed by atoms with Crippen molar-refractivity contribution in [1.82, 2.24) is 5.32 Å². The second kappa shape index (κ2) is 5.81. The topological polar surface area (TPSA) is 84.7 Å². The molecule has 3 N–H and O–H groups in total. The number of amides is 2. The monoisotopic (exact) mass is 277 g/mol. The number of nitrogen functional groups attached to an aromatic ring is 1. The SMILES string of the molecule is CCCOc1cccc(N2CC(=O)NC(=O)C2C)c1N. The second-order valence-electron chi connectivity index (χ2n) is 4.75. The maximum Gasteiger partial charge on any atom is 0.249 e. The van der Waals surface area contributed by atoms with E-state index in [9.17, 15) is 9.59 Å². The van der Waals surface area contributed by atoms with Gasteiger partial charge in [0.15, 0.2) is 0 Å². The van der Waals surface area contributed by atoms with E-state index >= 15 is 0 Å². The van der Waals surface area contributed by atoms with Crippen LogP contribution in [0.15, 0.2) is 18.2 Å². The lowest BCUT2D eigenvalue weighted by Gasteiger charge is -2.34. The standard InChI is InChI=1S/C14H19N3O3/c1-3-7-20-11-6-4-5-10(13(11)15)17-8-12(18)16-14(19)9(17)2/h4-6,9H,3,7-8,15H2,1-2H3,(H,16,18,19). The zero-order chi connectivity index (χ0) is 14.7. The van der Waals surface area contributed by atoms with Gasteiger partial charge in [-0.25, -0.2) is 0 Å². The van der Waals surface area contributed by atoms with E-state index in [1.807, 2.05) is 6.92 Å². The number of imide groups is 1. The lowest BCUT2D eigenvalue weighted by atomic mass is 10.1. The molecule has 1 atom stereocenters. The minimum absolute atomic E-state index is 0.105. The van der Waals surface area contributed by atoms with Gasteiger partial charge in [-0.15, -0.1) is 0 Å². The Hall–Kier alpha value is -2.24. The summed E-state index contributed by atoms with van der Waals surface area (Å²) < 4.78 is 5.57. The van der Waals surface area contributed by atoms with E-state index in [1.165, 1.54) is 0 Å². The fourth-order valence-corrected chi connectivity index (χ4v) is 2.13. The van der Waals surface area contributed by atoms with Crippen molar-refractivity contribution in [3.63, 3.8) is 0 Å². The number of piperazine rings is 1. The Balaban J connectivity index is 2.31. The van der Waals surface area contributed by atoms with Crippen LogP contribution in [-0.4, -0.2) is 31.0 Å². The highest BCUT2D eigenvalue weighted by atomic mass is 16.5. The van der Waals surface area contributed by atoms with Gasteiger partial charge in [-0.3, -0.25) is 14.9 Å². The van der Waals surface area contributed by atoms with Crippen LogP contribution in [-0.2, 0) is 9.59 Å². The molecule has 0 radical (unpaired) electrons. The summed E-state index contributed by atoms with van der Waals surface area (Å²) in [5.41, 5.74) is 7.20. The summed E-state index contributed by atoms with van der Waals surface area (Å²) in [6.45, 7) is 4.42.